The molecule has 0 saturated carbocycles. The normalized spacial score (nSPS) is 11.4. The van der Waals surface area contributed by atoms with Crippen LogP contribution in [-0.2, 0) is 0 Å². The first-order chi connectivity index (χ1) is 14.2. The van der Waals surface area contributed by atoms with E-state index in [2.05, 4.69) is 32.3 Å². The third-order valence-electron chi connectivity index (χ3n) is 6.41. The molecule has 0 aromatic rings. The van der Waals surface area contributed by atoms with Gasteiger partial charge in [-0.15, -0.1) is 0 Å². The summed E-state index contributed by atoms with van der Waals surface area (Å²) in [6.07, 6.45) is 27.9. The van der Waals surface area contributed by atoms with Gasteiger partial charge in [0.05, 0.1) is 0 Å². The number of unbranched alkanes of at least 4 members (excludes halogenated alkanes) is 15. The third-order valence-corrected chi connectivity index (χ3v) is 6.41. The molecule has 0 aliphatic carbocycles. The van der Waals surface area contributed by atoms with Crippen LogP contribution in [-0.4, -0.2) is 24.5 Å². The molecule has 1 nitrogen and oxygen atoms in total. The van der Waals surface area contributed by atoms with Crippen LogP contribution in [0.5, 0.6) is 0 Å². The van der Waals surface area contributed by atoms with Crippen LogP contribution in [0.4, 0.5) is 0 Å². The monoisotopic (exact) mass is 407 g/mol. The largest absolute Gasteiger partial charge is 0.304 e. The highest BCUT2D eigenvalue weighted by Crippen LogP contribution is 2.17. The molecule has 0 atom stereocenters. The van der Waals surface area contributed by atoms with Gasteiger partial charge in [-0.2, -0.15) is 0 Å². The second-order valence-electron chi connectivity index (χ2n) is 9.34. The summed E-state index contributed by atoms with van der Waals surface area (Å²) in [6, 6.07) is 0. The number of nitrogens with zero attached hydrogens (tertiary/aromatic N) is 1. The zero-order valence-corrected chi connectivity index (χ0v) is 20.9. The molecule has 0 N–H and O–H groups in total. The molecule has 0 fully saturated rings. The molecule has 1 heteroatoms. The Balaban J connectivity index is 3.36. The summed E-state index contributed by atoms with van der Waals surface area (Å²) in [5.41, 5.74) is 1.51. The van der Waals surface area contributed by atoms with Gasteiger partial charge in [0.2, 0.25) is 0 Å². The summed E-state index contributed by atoms with van der Waals surface area (Å²) in [6.45, 7) is 15.1. The lowest BCUT2D eigenvalue weighted by molar-refractivity contribution is 0.273. The topological polar surface area (TPSA) is 3.24 Å². The summed E-state index contributed by atoms with van der Waals surface area (Å²) in [5, 5.41) is 0. The van der Waals surface area contributed by atoms with E-state index in [1.165, 1.54) is 154 Å². The molecule has 0 aliphatic rings. The molecule has 0 amide bonds. The number of allylic oxidation sites excluding steroid dienone is 1. The fourth-order valence-corrected chi connectivity index (χ4v) is 4.24. The van der Waals surface area contributed by atoms with Crippen molar-refractivity contribution in [3.05, 3.63) is 12.2 Å². The minimum atomic E-state index is 1.23. The first-order valence-electron chi connectivity index (χ1n) is 13.6. The molecular formula is C28H57N. The van der Waals surface area contributed by atoms with E-state index in [0.29, 0.717) is 0 Å². The third kappa shape index (κ3) is 22.2. The van der Waals surface area contributed by atoms with E-state index in [0.717, 1.165) is 0 Å². The lowest BCUT2D eigenvalue weighted by Gasteiger charge is -2.20. The van der Waals surface area contributed by atoms with Crippen molar-refractivity contribution in [2.75, 3.05) is 19.6 Å². The second kappa shape index (κ2) is 24.0. The van der Waals surface area contributed by atoms with E-state index >= 15 is 0 Å². The molecule has 0 aliphatic heterocycles. The van der Waals surface area contributed by atoms with Crippen molar-refractivity contribution in [2.24, 2.45) is 0 Å². The summed E-state index contributed by atoms with van der Waals surface area (Å²) in [4.78, 5) is 2.66. The Hall–Kier alpha value is -0.300. The van der Waals surface area contributed by atoms with Crippen LogP contribution in [0.3, 0.4) is 0 Å². The summed E-state index contributed by atoms with van der Waals surface area (Å²) >= 11 is 0. The molecule has 0 bridgehead atoms. The first-order valence-corrected chi connectivity index (χ1v) is 13.6. The molecule has 0 unspecified atom stereocenters. The van der Waals surface area contributed by atoms with Gasteiger partial charge in [-0.05, 0) is 58.2 Å². The second-order valence-corrected chi connectivity index (χ2v) is 9.34. The summed E-state index contributed by atoms with van der Waals surface area (Å²) in [5.74, 6) is 0. The predicted octanol–water partition coefficient (Wildman–Crippen LogP) is 9.71. The van der Waals surface area contributed by atoms with Gasteiger partial charge in [-0.1, -0.05) is 123 Å². The van der Waals surface area contributed by atoms with Gasteiger partial charge in [0.25, 0.3) is 0 Å². The lowest BCUT2D eigenvalue weighted by atomic mass is 10.0. The highest BCUT2D eigenvalue weighted by molar-refractivity contribution is 4.93. The maximum Gasteiger partial charge on any atom is -0.00189 e. The highest BCUT2D eigenvalue weighted by Gasteiger charge is 2.02. The SMILES string of the molecule is C=C(CCCCCCCCCC)CCCCCCCN(CC)CCCCCCC. The summed E-state index contributed by atoms with van der Waals surface area (Å²) in [7, 11) is 0. The van der Waals surface area contributed by atoms with Gasteiger partial charge in [0.15, 0.2) is 0 Å². The Labute approximate surface area is 186 Å². The zero-order chi connectivity index (χ0) is 21.4. The highest BCUT2D eigenvalue weighted by atomic mass is 15.1. The molecule has 0 heterocycles. The van der Waals surface area contributed by atoms with Gasteiger partial charge in [0, 0.05) is 0 Å². The fourth-order valence-electron chi connectivity index (χ4n) is 4.24. The fraction of sp³-hybridized carbons (Fsp3) is 0.929. The van der Waals surface area contributed by atoms with Crippen LogP contribution in [0.25, 0.3) is 0 Å². The van der Waals surface area contributed by atoms with E-state index in [9.17, 15) is 0 Å². The van der Waals surface area contributed by atoms with Crippen molar-refractivity contribution in [1.82, 2.24) is 4.90 Å². The maximum absolute atomic E-state index is 4.32. The van der Waals surface area contributed by atoms with Crippen molar-refractivity contribution in [3.8, 4) is 0 Å². The molecule has 0 saturated heterocycles. The van der Waals surface area contributed by atoms with E-state index in [-0.39, 0.29) is 0 Å². The Morgan fingerprint density at radius 3 is 1.21 bits per heavy atom. The van der Waals surface area contributed by atoms with Gasteiger partial charge >= 0.3 is 0 Å². The van der Waals surface area contributed by atoms with Gasteiger partial charge < -0.3 is 4.90 Å². The van der Waals surface area contributed by atoms with E-state index in [1.807, 2.05) is 0 Å². The average Bonchev–Trinajstić information content (AvgIpc) is 2.73. The molecule has 0 aromatic carbocycles. The molecule has 0 spiro atoms. The van der Waals surface area contributed by atoms with Gasteiger partial charge in [-0.25, -0.2) is 0 Å². The van der Waals surface area contributed by atoms with Gasteiger partial charge in [0.1, 0.15) is 0 Å². The minimum absolute atomic E-state index is 1.23. The van der Waals surface area contributed by atoms with Crippen LogP contribution in [0, 0.1) is 0 Å². The zero-order valence-electron chi connectivity index (χ0n) is 20.9. The Bertz CT molecular complexity index is 322. The maximum atomic E-state index is 4.32. The van der Waals surface area contributed by atoms with Crippen molar-refractivity contribution in [3.63, 3.8) is 0 Å². The van der Waals surface area contributed by atoms with Gasteiger partial charge in [-0.3, -0.25) is 0 Å². The molecule has 29 heavy (non-hydrogen) atoms. The summed E-state index contributed by atoms with van der Waals surface area (Å²) < 4.78 is 0. The molecule has 0 rings (SSSR count). The Morgan fingerprint density at radius 2 is 0.828 bits per heavy atom. The van der Waals surface area contributed by atoms with Crippen LogP contribution in [0.1, 0.15) is 149 Å². The predicted molar refractivity (Wildman–Crippen MR) is 135 cm³/mol. The lowest BCUT2D eigenvalue weighted by Crippen LogP contribution is -2.25. The molecule has 0 aromatic heterocycles. The van der Waals surface area contributed by atoms with Crippen molar-refractivity contribution >= 4 is 0 Å². The van der Waals surface area contributed by atoms with E-state index in [4.69, 9.17) is 0 Å². The quantitative estimate of drug-likeness (QED) is 0.114. The molecule has 174 valence electrons. The van der Waals surface area contributed by atoms with E-state index < -0.39 is 0 Å². The van der Waals surface area contributed by atoms with Crippen molar-refractivity contribution in [1.29, 1.82) is 0 Å². The number of rotatable bonds is 24. The number of hydrogen-bond acceptors (Lipinski definition) is 1. The molecule has 0 radical (unpaired) electrons. The Kier molecular flexibility index (Phi) is 23.7. The Morgan fingerprint density at radius 1 is 0.483 bits per heavy atom. The minimum Gasteiger partial charge on any atom is -0.304 e. The molecular weight excluding hydrogens is 350 g/mol. The van der Waals surface area contributed by atoms with E-state index in [1.54, 1.807) is 0 Å². The van der Waals surface area contributed by atoms with Crippen molar-refractivity contribution in [2.45, 2.75) is 149 Å². The van der Waals surface area contributed by atoms with Crippen LogP contribution < -0.4 is 0 Å². The van der Waals surface area contributed by atoms with Crippen LogP contribution in [0.2, 0.25) is 0 Å². The standard InChI is InChI=1S/C28H57N/c1-5-8-10-12-13-14-16-20-24-28(4)25-21-17-15-19-23-27-29(7-3)26-22-18-11-9-6-2/h4-27H2,1-3H3. The first kappa shape index (κ1) is 28.7. The van der Waals surface area contributed by atoms with Crippen LogP contribution >= 0.6 is 0 Å². The smallest absolute Gasteiger partial charge is 0.00189 e. The van der Waals surface area contributed by atoms with Crippen molar-refractivity contribution < 1.29 is 0 Å². The van der Waals surface area contributed by atoms with Crippen LogP contribution in [0.15, 0.2) is 12.2 Å². The number of hydrogen-bond donors (Lipinski definition) is 0. The average molecular weight is 408 g/mol.